The topological polar surface area (TPSA) is 17.0 Å². The maximum absolute atomic E-state index is 15.6. The van der Waals surface area contributed by atoms with E-state index in [1.165, 1.54) is 29.5 Å². The Bertz CT molecular complexity index is 1610. The van der Waals surface area contributed by atoms with Gasteiger partial charge >= 0.3 is 0 Å². The van der Waals surface area contributed by atoms with Crippen molar-refractivity contribution in [3.63, 3.8) is 0 Å². The van der Waals surface area contributed by atoms with Crippen LogP contribution < -0.4 is 4.57 Å². The van der Waals surface area contributed by atoms with Crippen molar-refractivity contribution in [2.45, 2.75) is 52.4 Å². The van der Waals surface area contributed by atoms with Crippen LogP contribution in [-0.4, -0.2) is 0 Å². The van der Waals surface area contributed by atoms with E-state index in [1.54, 1.807) is 6.07 Å². The fourth-order valence-electron chi connectivity index (χ4n) is 5.91. The van der Waals surface area contributed by atoms with Crippen LogP contribution in [0.4, 0.5) is 4.39 Å². The molecule has 1 aliphatic carbocycles. The van der Waals surface area contributed by atoms with Crippen LogP contribution in [0, 0.1) is 12.7 Å². The molecule has 176 valence electrons. The number of pyridine rings is 1. The van der Waals surface area contributed by atoms with Crippen LogP contribution >= 0.6 is 0 Å². The first-order valence-corrected chi connectivity index (χ1v) is 12.7. The van der Waals surface area contributed by atoms with E-state index in [0.717, 1.165) is 51.6 Å². The summed E-state index contributed by atoms with van der Waals surface area (Å²) in [6.45, 7) is 6.58. The number of furan rings is 1. The zero-order valence-electron chi connectivity index (χ0n) is 20.9. The molecule has 3 heteroatoms. The molecule has 1 aliphatic rings. The molecule has 0 fully saturated rings. The maximum atomic E-state index is 15.6. The van der Waals surface area contributed by atoms with Gasteiger partial charge in [0.1, 0.15) is 24.0 Å². The summed E-state index contributed by atoms with van der Waals surface area (Å²) in [5.74, 6) is 0.164. The van der Waals surface area contributed by atoms with E-state index in [-0.39, 0.29) is 5.82 Å². The monoisotopic (exact) mass is 464 g/mol. The van der Waals surface area contributed by atoms with E-state index in [4.69, 9.17) is 4.42 Å². The minimum atomic E-state index is -0.231. The Morgan fingerprint density at radius 1 is 0.886 bits per heavy atom. The number of nitrogens with zero attached hydrogens (tertiary/aromatic N) is 1. The lowest BCUT2D eigenvalue weighted by Gasteiger charge is -2.23. The molecule has 0 N–H and O–H groups in total. The van der Waals surface area contributed by atoms with Crippen LogP contribution in [-0.2, 0) is 19.9 Å². The summed E-state index contributed by atoms with van der Waals surface area (Å²) in [6, 6.07) is 18.3. The van der Waals surface area contributed by atoms with Gasteiger partial charge in [-0.1, -0.05) is 38.1 Å². The van der Waals surface area contributed by atoms with Crippen LogP contribution in [0.25, 0.3) is 44.3 Å². The Hall–Kier alpha value is -3.46. The van der Waals surface area contributed by atoms with E-state index in [0.29, 0.717) is 17.1 Å². The van der Waals surface area contributed by atoms with E-state index < -0.39 is 0 Å². The van der Waals surface area contributed by atoms with Gasteiger partial charge in [-0.05, 0) is 84.5 Å². The molecule has 5 aromatic rings. The van der Waals surface area contributed by atoms with Crippen LogP contribution in [0.2, 0.25) is 0 Å². The van der Waals surface area contributed by atoms with Gasteiger partial charge < -0.3 is 4.42 Å². The van der Waals surface area contributed by atoms with Crippen molar-refractivity contribution in [2.24, 2.45) is 7.05 Å². The molecule has 6 rings (SSSR count). The lowest BCUT2D eigenvalue weighted by molar-refractivity contribution is -0.660. The second-order valence-electron chi connectivity index (χ2n) is 10.3. The molecular weight excluding hydrogens is 433 g/mol. The zero-order valence-corrected chi connectivity index (χ0v) is 20.9. The van der Waals surface area contributed by atoms with Gasteiger partial charge in [0, 0.05) is 22.9 Å². The molecule has 0 amide bonds. The summed E-state index contributed by atoms with van der Waals surface area (Å²) < 4.78 is 24.3. The summed E-state index contributed by atoms with van der Waals surface area (Å²) in [5.41, 5.74) is 10.4. The van der Waals surface area contributed by atoms with E-state index in [1.807, 2.05) is 31.4 Å². The molecule has 0 unspecified atom stereocenters. The van der Waals surface area contributed by atoms with Gasteiger partial charge in [0.15, 0.2) is 6.20 Å². The van der Waals surface area contributed by atoms with Crippen molar-refractivity contribution in [2.75, 3.05) is 0 Å². The smallest absolute Gasteiger partial charge is 0.216 e. The highest BCUT2D eigenvalue weighted by atomic mass is 19.1. The highest BCUT2D eigenvalue weighted by molar-refractivity contribution is 6.13. The van der Waals surface area contributed by atoms with Crippen molar-refractivity contribution in [1.82, 2.24) is 0 Å². The average molecular weight is 465 g/mol. The molecular formula is C32H31FNO+. The predicted molar refractivity (Wildman–Crippen MR) is 141 cm³/mol. The number of hydrogen-bond acceptors (Lipinski definition) is 1. The van der Waals surface area contributed by atoms with Crippen molar-refractivity contribution in [3.05, 3.63) is 88.9 Å². The number of benzene rings is 3. The minimum absolute atomic E-state index is 0.231. The molecule has 0 radical (unpaired) electrons. The molecule has 35 heavy (non-hydrogen) atoms. The van der Waals surface area contributed by atoms with Crippen LogP contribution in [0.1, 0.15) is 54.9 Å². The van der Waals surface area contributed by atoms with Crippen LogP contribution in [0.15, 0.2) is 65.2 Å². The first-order chi connectivity index (χ1) is 16.9. The van der Waals surface area contributed by atoms with Gasteiger partial charge in [0.25, 0.3) is 0 Å². The Morgan fingerprint density at radius 2 is 1.63 bits per heavy atom. The molecule has 0 spiro atoms. The Balaban J connectivity index is 1.67. The zero-order chi connectivity index (χ0) is 24.3. The summed E-state index contributed by atoms with van der Waals surface area (Å²) in [4.78, 5) is 0. The molecule has 2 aromatic heterocycles. The third-order valence-corrected chi connectivity index (χ3v) is 7.69. The van der Waals surface area contributed by atoms with Crippen molar-refractivity contribution in [1.29, 1.82) is 0 Å². The first-order valence-electron chi connectivity index (χ1n) is 12.7. The molecule has 2 nitrogen and oxygen atoms in total. The van der Waals surface area contributed by atoms with Gasteiger partial charge in [-0.3, -0.25) is 0 Å². The second kappa shape index (κ2) is 8.34. The van der Waals surface area contributed by atoms with E-state index >= 15 is 4.39 Å². The van der Waals surface area contributed by atoms with Gasteiger partial charge in [-0.15, -0.1) is 0 Å². The Morgan fingerprint density at radius 3 is 2.40 bits per heavy atom. The number of aryl methyl sites for hydroxylation is 3. The highest BCUT2D eigenvalue weighted by Gasteiger charge is 2.24. The van der Waals surface area contributed by atoms with Gasteiger partial charge in [0.2, 0.25) is 5.69 Å². The SMILES string of the molecule is Cc1ccc2c(oc3c(-c4cc5c(c(C(C)C)c4)CCCC5)c(F)ccc32)c1-c1cccc[n+]1C. The van der Waals surface area contributed by atoms with E-state index in [9.17, 15) is 0 Å². The van der Waals surface area contributed by atoms with Gasteiger partial charge in [-0.2, -0.15) is 0 Å². The molecule has 2 heterocycles. The van der Waals surface area contributed by atoms with Crippen molar-refractivity contribution in [3.8, 4) is 22.4 Å². The summed E-state index contributed by atoms with van der Waals surface area (Å²) in [6.07, 6.45) is 6.66. The highest BCUT2D eigenvalue weighted by Crippen LogP contribution is 2.43. The normalized spacial score (nSPS) is 13.7. The molecule has 3 aromatic carbocycles. The fourth-order valence-corrected chi connectivity index (χ4v) is 5.91. The summed E-state index contributed by atoms with van der Waals surface area (Å²) >= 11 is 0. The quantitative estimate of drug-likeness (QED) is 0.246. The third kappa shape index (κ3) is 3.48. The van der Waals surface area contributed by atoms with Gasteiger partial charge in [-0.25, -0.2) is 8.96 Å². The Labute approximate surface area is 206 Å². The minimum Gasteiger partial charge on any atom is -0.454 e. The van der Waals surface area contributed by atoms with Crippen molar-refractivity contribution < 1.29 is 13.4 Å². The van der Waals surface area contributed by atoms with E-state index in [2.05, 4.69) is 55.7 Å². The number of fused-ring (bicyclic) bond motifs is 4. The number of hydrogen-bond donors (Lipinski definition) is 0. The molecule has 0 saturated heterocycles. The number of rotatable bonds is 3. The lowest BCUT2D eigenvalue weighted by atomic mass is 9.82. The molecule has 0 atom stereocenters. The number of halogens is 1. The number of aromatic nitrogens is 1. The van der Waals surface area contributed by atoms with Crippen molar-refractivity contribution >= 4 is 21.9 Å². The lowest BCUT2D eigenvalue weighted by Crippen LogP contribution is -2.30. The van der Waals surface area contributed by atoms with Crippen LogP contribution in [0.3, 0.4) is 0 Å². The third-order valence-electron chi connectivity index (χ3n) is 7.69. The summed E-state index contributed by atoms with van der Waals surface area (Å²) in [5, 5.41) is 1.98. The summed E-state index contributed by atoms with van der Waals surface area (Å²) in [7, 11) is 2.04. The first kappa shape index (κ1) is 22.0. The standard InChI is InChI=1S/C32H31FNO/c1-19(2)26-18-22(17-21-9-5-6-10-23(21)26)30-27(33)15-14-25-24-13-12-20(3)29(31(24)35-32(25)30)28-11-7-8-16-34(28)4/h7-8,11-19H,5-6,9-10H2,1-4H3/q+1. The molecule has 0 bridgehead atoms. The second-order valence-corrected chi connectivity index (χ2v) is 10.3. The largest absolute Gasteiger partial charge is 0.454 e. The Kier molecular flexibility index (Phi) is 5.25. The maximum Gasteiger partial charge on any atom is 0.216 e. The fraction of sp³-hybridized carbons (Fsp3) is 0.281. The van der Waals surface area contributed by atoms with Gasteiger partial charge in [0.05, 0.1) is 11.1 Å². The molecule has 0 aliphatic heterocycles. The molecule has 0 saturated carbocycles. The predicted octanol–water partition coefficient (Wildman–Crippen LogP) is 8.19. The average Bonchev–Trinajstić information content (AvgIpc) is 3.22. The van der Waals surface area contributed by atoms with Crippen LogP contribution in [0.5, 0.6) is 0 Å².